The summed E-state index contributed by atoms with van der Waals surface area (Å²) in [6.45, 7) is 5.72. The first kappa shape index (κ1) is 12.0. The molecule has 5 nitrogen and oxygen atoms in total. The van der Waals surface area contributed by atoms with Crippen LogP contribution in [0.4, 0.5) is 0 Å². The van der Waals surface area contributed by atoms with Gasteiger partial charge in [-0.2, -0.15) is 0 Å². The molecule has 1 N–H and O–H groups in total. The second kappa shape index (κ2) is 5.11. The Kier molecular flexibility index (Phi) is 4.08. The monoisotopic (exact) mass is 214 g/mol. The van der Waals surface area contributed by atoms with Crippen LogP contribution in [0.3, 0.4) is 0 Å². The van der Waals surface area contributed by atoms with E-state index in [-0.39, 0.29) is 18.5 Å². The molecule has 0 aliphatic carbocycles. The van der Waals surface area contributed by atoms with Crippen molar-refractivity contribution in [3.05, 3.63) is 0 Å². The summed E-state index contributed by atoms with van der Waals surface area (Å²) >= 11 is 0. The fourth-order valence-corrected chi connectivity index (χ4v) is 2.14. The van der Waals surface area contributed by atoms with Gasteiger partial charge in [0.1, 0.15) is 0 Å². The topological polar surface area (TPSA) is 60.9 Å². The molecular weight excluding hydrogens is 196 g/mol. The number of carboxylic acid groups (broad SMARTS) is 1. The average molecular weight is 214 g/mol. The molecule has 1 aliphatic heterocycles. The molecule has 0 aromatic rings. The molecule has 1 fully saturated rings. The van der Waals surface area contributed by atoms with Crippen LogP contribution in [-0.4, -0.2) is 59.0 Å². The smallest absolute Gasteiger partial charge is 0.317 e. The largest absolute Gasteiger partial charge is 0.480 e. The van der Waals surface area contributed by atoms with Crippen molar-refractivity contribution in [2.24, 2.45) is 0 Å². The normalized spacial score (nSPS) is 21.6. The minimum atomic E-state index is -0.804. The summed E-state index contributed by atoms with van der Waals surface area (Å²) in [6.07, 6.45) is 0.876. The molecule has 15 heavy (non-hydrogen) atoms. The maximum atomic E-state index is 11.3. The molecule has 1 amide bonds. The zero-order valence-corrected chi connectivity index (χ0v) is 9.27. The van der Waals surface area contributed by atoms with E-state index < -0.39 is 5.97 Å². The van der Waals surface area contributed by atoms with Crippen molar-refractivity contribution in [2.75, 3.05) is 26.2 Å². The summed E-state index contributed by atoms with van der Waals surface area (Å²) in [5, 5.41) is 8.64. The van der Waals surface area contributed by atoms with Gasteiger partial charge in [0.25, 0.3) is 0 Å². The van der Waals surface area contributed by atoms with Gasteiger partial charge in [-0.25, -0.2) is 0 Å². The number of carbonyl (C=O) groups excluding carboxylic acids is 1. The fraction of sp³-hybridized carbons (Fsp3) is 0.800. The lowest BCUT2D eigenvalue weighted by molar-refractivity contribution is -0.138. The van der Waals surface area contributed by atoms with Crippen molar-refractivity contribution in [2.45, 2.75) is 26.3 Å². The third-order valence-corrected chi connectivity index (χ3v) is 2.79. The molecule has 1 aliphatic rings. The molecule has 1 saturated heterocycles. The van der Waals surface area contributed by atoms with E-state index in [1.807, 2.05) is 16.7 Å². The van der Waals surface area contributed by atoms with E-state index in [4.69, 9.17) is 5.11 Å². The van der Waals surface area contributed by atoms with E-state index in [1.165, 1.54) is 0 Å². The van der Waals surface area contributed by atoms with Gasteiger partial charge in [-0.15, -0.1) is 0 Å². The Labute approximate surface area is 89.7 Å². The van der Waals surface area contributed by atoms with E-state index in [9.17, 15) is 9.59 Å². The lowest BCUT2D eigenvalue weighted by Gasteiger charge is -2.26. The highest BCUT2D eigenvalue weighted by atomic mass is 16.4. The average Bonchev–Trinajstić information content (AvgIpc) is 2.52. The highest BCUT2D eigenvalue weighted by Gasteiger charge is 2.28. The van der Waals surface area contributed by atoms with Gasteiger partial charge in [0.05, 0.1) is 6.54 Å². The van der Waals surface area contributed by atoms with Crippen molar-refractivity contribution in [3.8, 4) is 0 Å². The Morgan fingerprint density at radius 3 is 2.67 bits per heavy atom. The zero-order chi connectivity index (χ0) is 11.4. The van der Waals surface area contributed by atoms with E-state index in [0.717, 1.165) is 13.0 Å². The van der Waals surface area contributed by atoms with Crippen LogP contribution < -0.4 is 0 Å². The molecule has 0 radical (unpaired) electrons. The predicted molar refractivity (Wildman–Crippen MR) is 55.5 cm³/mol. The van der Waals surface area contributed by atoms with Crippen molar-refractivity contribution in [1.29, 1.82) is 0 Å². The Hall–Kier alpha value is -1.10. The Morgan fingerprint density at radius 1 is 1.53 bits per heavy atom. The van der Waals surface area contributed by atoms with Crippen molar-refractivity contribution >= 4 is 11.9 Å². The minimum Gasteiger partial charge on any atom is -0.480 e. The summed E-state index contributed by atoms with van der Waals surface area (Å²) in [5.74, 6) is -0.735. The maximum Gasteiger partial charge on any atom is 0.317 e. The van der Waals surface area contributed by atoms with Crippen LogP contribution in [0.2, 0.25) is 0 Å². The molecule has 0 aromatic heterocycles. The maximum absolute atomic E-state index is 11.3. The van der Waals surface area contributed by atoms with Gasteiger partial charge in [-0.3, -0.25) is 14.5 Å². The standard InChI is InChI=1S/C10H18N2O3/c1-3-12(8(2)13)9-4-5-11(6-9)7-10(14)15/h9H,3-7H2,1-2H3,(H,14,15). The van der Waals surface area contributed by atoms with Gasteiger partial charge >= 0.3 is 5.97 Å². The number of likely N-dealkylation sites (N-methyl/N-ethyl adjacent to an activating group) is 1. The highest BCUT2D eigenvalue weighted by molar-refractivity contribution is 5.73. The van der Waals surface area contributed by atoms with Crippen LogP contribution in [-0.2, 0) is 9.59 Å². The molecule has 1 rings (SSSR count). The molecule has 5 heteroatoms. The fourth-order valence-electron chi connectivity index (χ4n) is 2.14. The first-order valence-corrected chi connectivity index (χ1v) is 5.26. The summed E-state index contributed by atoms with van der Waals surface area (Å²) in [6, 6.07) is 0.187. The van der Waals surface area contributed by atoms with Gasteiger partial charge in [0.15, 0.2) is 0 Å². The quantitative estimate of drug-likeness (QED) is 0.716. The van der Waals surface area contributed by atoms with E-state index in [0.29, 0.717) is 13.1 Å². The molecular formula is C10H18N2O3. The molecule has 0 bridgehead atoms. The van der Waals surface area contributed by atoms with E-state index >= 15 is 0 Å². The third-order valence-electron chi connectivity index (χ3n) is 2.79. The number of carbonyl (C=O) groups is 2. The molecule has 0 saturated carbocycles. The van der Waals surface area contributed by atoms with Gasteiger partial charge in [0, 0.05) is 32.6 Å². The van der Waals surface area contributed by atoms with Crippen molar-refractivity contribution < 1.29 is 14.7 Å². The van der Waals surface area contributed by atoms with Gasteiger partial charge in [-0.05, 0) is 13.3 Å². The first-order chi connectivity index (χ1) is 7.04. The highest BCUT2D eigenvalue weighted by Crippen LogP contribution is 2.15. The van der Waals surface area contributed by atoms with Gasteiger partial charge < -0.3 is 10.0 Å². The predicted octanol–water partition coefficient (Wildman–Crippen LogP) is 0.0137. The molecule has 0 spiro atoms. The van der Waals surface area contributed by atoms with Crippen LogP contribution in [0.15, 0.2) is 0 Å². The van der Waals surface area contributed by atoms with E-state index in [1.54, 1.807) is 6.92 Å². The number of nitrogens with zero attached hydrogens (tertiary/aromatic N) is 2. The second-order valence-corrected chi connectivity index (χ2v) is 3.88. The SMILES string of the molecule is CCN(C(C)=O)C1CCN(CC(=O)O)C1. The number of aliphatic carboxylic acids is 1. The molecule has 0 aromatic carbocycles. The number of hydrogen-bond acceptors (Lipinski definition) is 3. The Bertz CT molecular complexity index is 255. The van der Waals surface area contributed by atoms with Crippen LogP contribution >= 0.6 is 0 Å². The molecule has 1 atom stereocenters. The second-order valence-electron chi connectivity index (χ2n) is 3.88. The number of likely N-dealkylation sites (tertiary alicyclic amines) is 1. The zero-order valence-electron chi connectivity index (χ0n) is 9.27. The van der Waals surface area contributed by atoms with Gasteiger partial charge in [0.2, 0.25) is 5.91 Å². The van der Waals surface area contributed by atoms with Crippen molar-refractivity contribution in [3.63, 3.8) is 0 Å². The minimum absolute atomic E-state index is 0.0691. The molecule has 1 unspecified atom stereocenters. The number of rotatable bonds is 4. The molecule has 1 heterocycles. The summed E-state index contributed by atoms with van der Waals surface area (Å²) in [7, 11) is 0. The van der Waals surface area contributed by atoms with E-state index in [2.05, 4.69) is 0 Å². The third kappa shape index (κ3) is 3.20. The summed E-state index contributed by atoms with van der Waals surface area (Å²) in [4.78, 5) is 25.5. The van der Waals surface area contributed by atoms with Crippen LogP contribution in [0, 0.1) is 0 Å². The van der Waals surface area contributed by atoms with Gasteiger partial charge in [-0.1, -0.05) is 0 Å². The Balaban J connectivity index is 2.47. The lowest BCUT2D eigenvalue weighted by Crippen LogP contribution is -2.41. The van der Waals surface area contributed by atoms with Crippen molar-refractivity contribution in [1.82, 2.24) is 9.80 Å². The van der Waals surface area contributed by atoms with Crippen LogP contribution in [0.1, 0.15) is 20.3 Å². The summed E-state index contributed by atoms with van der Waals surface area (Å²) < 4.78 is 0. The number of carboxylic acids is 1. The first-order valence-electron chi connectivity index (χ1n) is 5.26. The molecule has 86 valence electrons. The van der Waals surface area contributed by atoms with Crippen LogP contribution in [0.25, 0.3) is 0 Å². The number of hydrogen-bond donors (Lipinski definition) is 1. The Morgan fingerprint density at radius 2 is 2.20 bits per heavy atom. The summed E-state index contributed by atoms with van der Waals surface area (Å²) in [5.41, 5.74) is 0. The lowest BCUT2D eigenvalue weighted by atomic mass is 10.2. The van der Waals surface area contributed by atoms with Crippen LogP contribution in [0.5, 0.6) is 0 Å². The number of amides is 1.